The summed E-state index contributed by atoms with van der Waals surface area (Å²) >= 11 is 0. The molecule has 0 spiro atoms. The van der Waals surface area contributed by atoms with Crippen molar-refractivity contribution in [1.82, 2.24) is 4.90 Å². The molecule has 38 heavy (non-hydrogen) atoms. The topological polar surface area (TPSA) is 85.3 Å². The molecular formula is C31H27NO6. The zero-order chi connectivity index (χ0) is 26.6. The molecule has 1 aliphatic rings. The van der Waals surface area contributed by atoms with Crippen LogP contribution in [0.3, 0.4) is 0 Å². The number of rotatable bonds is 8. The summed E-state index contributed by atoms with van der Waals surface area (Å²) in [6, 6.07) is 26.6. The summed E-state index contributed by atoms with van der Waals surface area (Å²) in [4.78, 5) is 28.0. The molecule has 5 rings (SSSR count). The highest BCUT2D eigenvalue weighted by Gasteiger charge is 2.46. The molecule has 1 saturated heterocycles. The molecule has 4 aromatic rings. The van der Waals surface area contributed by atoms with Gasteiger partial charge < -0.3 is 24.2 Å². The summed E-state index contributed by atoms with van der Waals surface area (Å²) in [5, 5.41) is 13.3. The van der Waals surface area contributed by atoms with E-state index in [0.29, 0.717) is 28.4 Å². The quantitative estimate of drug-likeness (QED) is 0.196. The second-order valence-electron chi connectivity index (χ2n) is 8.86. The number of fused-ring (bicyclic) bond motifs is 1. The largest absolute Gasteiger partial charge is 0.507 e. The Labute approximate surface area is 220 Å². The number of Topliss-reactive ketones (excluding diaryl/α,β-unsaturated/α-hetero) is 1. The molecule has 0 bridgehead atoms. The van der Waals surface area contributed by atoms with Crippen LogP contribution in [0.15, 0.2) is 96.6 Å². The first-order valence-corrected chi connectivity index (χ1v) is 12.2. The number of likely N-dealkylation sites (tertiary alicyclic amines) is 1. The molecule has 0 aromatic heterocycles. The molecule has 1 fully saturated rings. The Kier molecular flexibility index (Phi) is 7.00. The van der Waals surface area contributed by atoms with Crippen molar-refractivity contribution in [3.8, 4) is 17.2 Å². The average Bonchev–Trinajstić information content (AvgIpc) is 3.22. The second kappa shape index (κ2) is 10.7. The fraction of sp³-hybridized carbons (Fsp3) is 0.161. The zero-order valence-electron chi connectivity index (χ0n) is 21.1. The summed E-state index contributed by atoms with van der Waals surface area (Å²) in [6.45, 7) is 0.281. The predicted molar refractivity (Wildman–Crippen MR) is 144 cm³/mol. The lowest BCUT2D eigenvalue weighted by molar-refractivity contribution is -0.140. The molecule has 0 radical (unpaired) electrons. The van der Waals surface area contributed by atoms with E-state index < -0.39 is 17.7 Å². The standard InChI is InChI=1S/C31H27NO6/c1-36-24-12-14-25(15-13-24)38-17-16-32-28(22-8-5-9-26(19-22)37-2)27(30(34)31(32)35)29(33)23-11-10-20-6-3-4-7-21(20)18-23/h3-15,18-19,28,33H,16-17H2,1-2H3/b29-27-. The molecule has 7 heteroatoms. The number of ketones is 1. The molecule has 4 aromatic carbocycles. The van der Waals surface area contributed by atoms with Crippen molar-refractivity contribution in [3.05, 3.63) is 108 Å². The minimum absolute atomic E-state index is 0.0305. The van der Waals surface area contributed by atoms with Gasteiger partial charge in [-0.05, 0) is 58.8 Å². The van der Waals surface area contributed by atoms with Crippen molar-refractivity contribution in [3.63, 3.8) is 0 Å². The fourth-order valence-corrected chi connectivity index (χ4v) is 4.69. The van der Waals surface area contributed by atoms with Crippen LogP contribution in [0.1, 0.15) is 17.2 Å². The Balaban J connectivity index is 1.51. The van der Waals surface area contributed by atoms with Gasteiger partial charge >= 0.3 is 0 Å². The third kappa shape index (κ3) is 4.78. The lowest BCUT2D eigenvalue weighted by atomic mass is 9.94. The number of aliphatic hydroxyl groups is 1. The minimum atomic E-state index is -0.809. The molecule has 1 N–H and O–H groups in total. The van der Waals surface area contributed by atoms with Gasteiger partial charge in [-0.3, -0.25) is 9.59 Å². The number of ether oxygens (including phenoxy) is 3. The van der Waals surface area contributed by atoms with Crippen molar-refractivity contribution < 1.29 is 28.9 Å². The number of aliphatic hydroxyl groups excluding tert-OH is 1. The van der Waals surface area contributed by atoms with E-state index in [4.69, 9.17) is 14.2 Å². The van der Waals surface area contributed by atoms with Crippen molar-refractivity contribution in [2.75, 3.05) is 27.4 Å². The van der Waals surface area contributed by atoms with Gasteiger partial charge in [0.2, 0.25) is 0 Å². The number of methoxy groups -OCH3 is 2. The van der Waals surface area contributed by atoms with Gasteiger partial charge in [0.1, 0.15) is 29.6 Å². The van der Waals surface area contributed by atoms with Gasteiger partial charge in [0, 0.05) is 5.56 Å². The molecule has 0 saturated carbocycles. The monoisotopic (exact) mass is 509 g/mol. The van der Waals surface area contributed by atoms with Crippen LogP contribution >= 0.6 is 0 Å². The molecule has 1 unspecified atom stereocenters. The van der Waals surface area contributed by atoms with Crippen LogP contribution in [0.4, 0.5) is 0 Å². The molecule has 0 aliphatic carbocycles. The predicted octanol–water partition coefficient (Wildman–Crippen LogP) is 5.36. The maximum atomic E-state index is 13.3. The highest BCUT2D eigenvalue weighted by molar-refractivity contribution is 6.46. The lowest BCUT2D eigenvalue weighted by Gasteiger charge is -2.25. The summed E-state index contributed by atoms with van der Waals surface area (Å²) in [5.41, 5.74) is 1.14. The van der Waals surface area contributed by atoms with Gasteiger partial charge in [-0.25, -0.2) is 0 Å². The van der Waals surface area contributed by atoms with Crippen LogP contribution in [0.25, 0.3) is 16.5 Å². The van der Waals surface area contributed by atoms with Gasteiger partial charge in [-0.15, -0.1) is 0 Å². The minimum Gasteiger partial charge on any atom is -0.507 e. The Morgan fingerprint density at radius 2 is 1.50 bits per heavy atom. The van der Waals surface area contributed by atoms with Crippen LogP contribution in [-0.2, 0) is 9.59 Å². The summed E-state index contributed by atoms with van der Waals surface area (Å²) < 4.78 is 16.4. The van der Waals surface area contributed by atoms with Crippen molar-refractivity contribution in [1.29, 1.82) is 0 Å². The highest BCUT2D eigenvalue weighted by Crippen LogP contribution is 2.40. The van der Waals surface area contributed by atoms with Crippen molar-refractivity contribution in [2.24, 2.45) is 0 Å². The maximum Gasteiger partial charge on any atom is 0.295 e. The SMILES string of the molecule is COc1ccc(OCCN2C(=O)C(=O)/C(=C(\O)c3ccc4ccccc4c3)C2c2cccc(OC)c2)cc1. The Hall–Kier alpha value is -4.78. The Morgan fingerprint density at radius 1 is 0.789 bits per heavy atom. The van der Waals surface area contributed by atoms with Crippen LogP contribution in [0.5, 0.6) is 17.2 Å². The molecular weight excluding hydrogens is 482 g/mol. The molecule has 1 amide bonds. The highest BCUT2D eigenvalue weighted by atomic mass is 16.5. The summed E-state index contributed by atoms with van der Waals surface area (Å²) in [5.74, 6) is 0.228. The van der Waals surface area contributed by atoms with Crippen LogP contribution in [-0.4, -0.2) is 49.1 Å². The molecule has 1 aliphatic heterocycles. The van der Waals surface area contributed by atoms with E-state index in [1.807, 2.05) is 42.5 Å². The Bertz CT molecular complexity index is 1530. The van der Waals surface area contributed by atoms with E-state index >= 15 is 0 Å². The molecule has 7 nitrogen and oxygen atoms in total. The normalized spacial score (nSPS) is 16.6. The first-order chi connectivity index (χ1) is 18.5. The third-order valence-corrected chi connectivity index (χ3v) is 6.63. The van der Waals surface area contributed by atoms with Crippen LogP contribution in [0.2, 0.25) is 0 Å². The average molecular weight is 510 g/mol. The first-order valence-electron chi connectivity index (χ1n) is 12.2. The summed E-state index contributed by atoms with van der Waals surface area (Å²) in [6.07, 6.45) is 0. The number of hydrogen-bond acceptors (Lipinski definition) is 6. The first kappa shape index (κ1) is 24.9. The third-order valence-electron chi connectivity index (χ3n) is 6.63. The molecule has 1 atom stereocenters. The van der Waals surface area contributed by atoms with Crippen LogP contribution in [0, 0.1) is 0 Å². The number of carbonyl (C=O) groups excluding carboxylic acids is 2. The number of hydrogen-bond donors (Lipinski definition) is 1. The maximum absolute atomic E-state index is 13.3. The van der Waals surface area contributed by atoms with E-state index in [1.165, 1.54) is 4.90 Å². The van der Waals surface area contributed by atoms with Crippen LogP contribution < -0.4 is 14.2 Å². The summed E-state index contributed by atoms with van der Waals surface area (Å²) in [7, 11) is 3.14. The van der Waals surface area contributed by atoms with E-state index in [9.17, 15) is 14.7 Å². The fourth-order valence-electron chi connectivity index (χ4n) is 4.69. The van der Waals surface area contributed by atoms with E-state index in [0.717, 1.165) is 10.8 Å². The van der Waals surface area contributed by atoms with Gasteiger partial charge in [0.05, 0.1) is 32.4 Å². The van der Waals surface area contributed by atoms with Gasteiger partial charge in [0.25, 0.3) is 11.7 Å². The van der Waals surface area contributed by atoms with Gasteiger partial charge in [-0.2, -0.15) is 0 Å². The second-order valence-corrected chi connectivity index (χ2v) is 8.86. The van der Waals surface area contributed by atoms with E-state index in [1.54, 1.807) is 62.8 Å². The zero-order valence-corrected chi connectivity index (χ0v) is 21.1. The number of carbonyl (C=O) groups is 2. The Morgan fingerprint density at radius 3 is 2.24 bits per heavy atom. The smallest absolute Gasteiger partial charge is 0.295 e. The number of benzene rings is 4. The van der Waals surface area contributed by atoms with Crippen molar-refractivity contribution >= 4 is 28.2 Å². The lowest BCUT2D eigenvalue weighted by Crippen LogP contribution is -2.33. The van der Waals surface area contributed by atoms with E-state index in [2.05, 4.69) is 0 Å². The van der Waals surface area contributed by atoms with Crippen molar-refractivity contribution in [2.45, 2.75) is 6.04 Å². The number of amides is 1. The molecule has 192 valence electrons. The van der Waals surface area contributed by atoms with E-state index in [-0.39, 0.29) is 24.5 Å². The van der Waals surface area contributed by atoms with Gasteiger partial charge in [-0.1, -0.05) is 48.5 Å². The molecule has 1 heterocycles. The van der Waals surface area contributed by atoms with Gasteiger partial charge in [0.15, 0.2) is 0 Å². The number of nitrogens with zero attached hydrogens (tertiary/aromatic N) is 1.